The molecule has 1 saturated carbocycles. The van der Waals surface area contributed by atoms with Crippen molar-refractivity contribution in [2.24, 2.45) is 17.8 Å². The van der Waals surface area contributed by atoms with Crippen molar-refractivity contribution < 1.29 is 13.9 Å². The third-order valence-corrected chi connectivity index (χ3v) is 6.36. The van der Waals surface area contributed by atoms with Gasteiger partial charge in [0.05, 0.1) is 13.2 Å². The van der Waals surface area contributed by atoms with E-state index in [-0.39, 0.29) is 5.82 Å². The molecule has 1 aliphatic carbocycles. The van der Waals surface area contributed by atoms with Crippen molar-refractivity contribution in [1.29, 1.82) is 0 Å². The molecule has 3 rings (SSSR count). The summed E-state index contributed by atoms with van der Waals surface area (Å²) in [5, 5.41) is 0. The van der Waals surface area contributed by atoms with Gasteiger partial charge in [-0.3, -0.25) is 0 Å². The van der Waals surface area contributed by atoms with Crippen molar-refractivity contribution >= 4 is 0 Å². The molecule has 1 aliphatic heterocycles. The first-order valence-electron chi connectivity index (χ1n) is 10.7. The Hall–Kier alpha value is -0.930. The number of unbranched alkanes of at least 4 members (excludes halogenated alkanes) is 1. The van der Waals surface area contributed by atoms with Gasteiger partial charge < -0.3 is 9.47 Å². The first-order valence-corrected chi connectivity index (χ1v) is 10.7. The van der Waals surface area contributed by atoms with Gasteiger partial charge in [0.25, 0.3) is 0 Å². The number of hydrogen-bond acceptors (Lipinski definition) is 2. The topological polar surface area (TPSA) is 18.5 Å². The molecule has 0 bridgehead atoms. The van der Waals surface area contributed by atoms with E-state index in [0.717, 1.165) is 11.8 Å². The summed E-state index contributed by atoms with van der Waals surface area (Å²) in [5.41, 5.74) is 1.18. The van der Waals surface area contributed by atoms with Crippen LogP contribution in [0.25, 0.3) is 0 Å². The number of aryl methyl sites for hydroxylation is 1. The maximum absolute atomic E-state index is 14.2. The largest absolute Gasteiger partial charge is 0.348 e. The van der Waals surface area contributed by atoms with Gasteiger partial charge in [-0.25, -0.2) is 4.39 Å². The molecular weight excluding hydrogens is 327 g/mol. The van der Waals surface area contributed by atoms with Crippen molar-refractivity contribution in [2.45, 2.75) is 77.9 Å². The second-order valence-electron chi connectivity index (χ2n) is 8.45. The van der Waals surface area contributed by atoms with Crippen LogP contribution < -0.4 is 0 Å². The minimum atomic E-state index is -0.542. The van der Waals surface area contributed by atoms with Crippen molar-refractivity contribution in [2.75, 3.05) is 13.2 Å². The van der Waals surface area contributed by atoms with Crippen LogP contribution in [0.5, 0.6) is 0 Å². The van der Waals surface area contributed by atoms with Gasteiger partial charge in [-0.2, -0.15) is 0 Å². The summed E-state index contributed by atoms with van der Waals surface area (Å²) < 4.78 is 25.9. The maximum Gasteiger partial charge on any atom is 0.186 e. The number of rotatable bonds is 7. The second kappa shape index (κ2) is 9.85. The van der Waals surface area contributed by atoms with E-state index < -0.39 is 6.29 Å². The van der Waals surface area contributed by atoms with Gasteiger partial charge in [0.15, 0.2) is 6.29 Å². The van der Waals surface area contributed by atoms with Crippen molar-refractivity contribution in [1.82, 2.24) is 0 Å². The summed E-state index contributed by atoms with van der Waals surface area (Å²) in [5.74, 6) is 2.13. The Morgan fingerprint density at radius 2 is 1.54 bits per heavy atom. The van der Waals surface area contributed by atoms with Crippen molar-refractivity contribution in [3.63, 3.8) is 0 Å². The quantitative estimate of drug-likeness (QED) is 0.546. The molecule has 0 unspecified atom stereocenters. The Kier molecular flexibility index (Phi) is 7.51. The monoisotopic (exact) mass is 362 g/mol. The van der Waals surface area contributed by atoms with E-state index in [1.54, 1.807) is 19.1 Å². The molecule has 2 fully saturated rings. The van der Waals surface area contributed by atoms with Gasteiger partial charge >= 0.3 is 0 Å². The fourth-order valence-electron chi connectivity index (χ4n) is 4.51. The van der Waals surface area contributed by atoms with E-state index in [4.69, 9.17) is 9.47 Å². The number of benzene rings is 1. The van der Waals surface area contributed by atoms with Crippen LogP contribution in [0.1, 0.15) is 82.1 Å². The van der Waals surface area contributed by atoms with Gasteiger partial charge in [-0.05, 0) is 30.7 Å². The highest BCUT2D eigenvalue weighted by molar-refractivity contribution is 5.25. The van der Waals surface area contributed by atoms with Crippen LogP contribution in [0.4, 0.5) is 4.39 Å². The fourth-order valence-corrected chi connectivity index (χ4v) is 4.51. The zero-order chi connectivity index (χ0) is 18.4. The summed E-state index contributed by atoms with van der Waals surface area (Å²) in [6, 6.07) is 5.41. The first-order chi connectivity index (χ1) is 12.7. The van der Waals surface area contributed by atoms with Gasteiger partial charge in [0, 0.05) is 11.5 Å². The van der Waals surface area contributed by atoms with Crippen LogP contribution in [0.3, 0.4) is 0 Å². The summed E-state index contributed by atoms with van der Waals surface area (Å²) in [6.45, 7) is 5.44. The Bertz CT molecular complexity index is 543. The van der Waals surface area contributed by atoms with Gasteiger partial charge in [-0.1, -0.05) is 76.5 Å². The molecular formula is C23H35FO2. The standard InChI is InChI=1S/C23H35FO2/c1-3-4-7-18-9-11-19(12-10-18)13-14-20-15-25-23(26-16-20)21-8-5-6-17(2)22(21)24/h5-6,8,18-20,23H,3-4,7,9-16H2,1-2H3. The number of ether oxygens (including phenoxy) is 2. The highest BCUT2D eigenvalue weighted by Gasteiger charge is 2.27. The highest BCUT2D eigenvalue weighted by atomic mass is 19.1. The number of hydrogen-bond donors (Lipinski definition) is 0. The van der Waals surface area contributed by atoms with E-state index in [9.17, 15) is 4.39 Å². The predicted molar refractivity (Wildman–Crippen MR) is 103 cm³/mol. The molecule has 3 heteroatoms. The minimum Gasteiger partial charge on any atom is -0.348 e. The molecule has 0 amide bonds. The summed E-state index contributed by atoms with van der Waals surface area (Å²) in [6.07, 6.45) is 11.7. The first kappa shape index (κ1) is 19.8. The molecule has 1 saturated heterocycles. The SMILES string of the molecule is CCCCC1CCC(CCC2COC(c3cccc(C)c3F)OC2)CC1. The Labute approximate surface area is 158 Å². The molecule has 1 aromatic rings. The third-order valence-electron chi connectivity index (χ3n) is 6.36. The fraction of sp³-hybridized carbons (Fsp3) is 0.739. The van der Waals surface area contributed by atoms with Crippen LogP contribution in [-0.2, 0) is 9.47 Å². The van der Waals surface area contributed by atoms with Crippen LogP contribution in [0, 0.1) is 30.5 Å². The molecule has 2 nitrogen and oxygen atoms in total. The Balaban J connectivity index is 1.36. The van der Waals surface area contributed by atoms with Crippen LogP contribution in [0.15, 0.2) is 18.2 Å². The molecule has 1 aromatic carbocycles. The second-order valence-corrected chi connectivity index (χ2v) is 8.45. The van der Waals surface area contributed by atoms with Gasteiger partial charge in [0.2, 0.25) is 0 Å². The van der Waals surface area contributed by atoms with Crippen LogP contribution in [0.2, 0.25) is 0 Å². The molecule has 26 heavy (non-hydrogen) atoms. The zero-order valence-electron chi connectivity index (χ0n) is 16.5. The molecule has 0 radical (unpaired) electrons. The Morgan fingerprint density at radius 3 is 2.19 bits per heavy atom. The van der Waals surface area contributed by atoms with E-state index in [0.29, 0.717) is 30.3 Å². The Morgan fingerprint density at radius 1 is 0.923 bits per heavy atom. The molecule has 2 aliphatic rings. The third kappa shape index (κ3) is 5.29. The normalized spacial score (nSPS) is 29.7. The summed E-state index contributed by atoms with van der Waals surface area (Å²) >= 11 is 0. The molecule has 0 aromatic heterocycles. The van der Waals surface area contributed by atoms with E-state index in [2.05, 4.69) is 6.92 Å². The lowest BCUT2D eigenvalue weighted by Crippen LogP contribution is -2.28. The average molecular weight is 363 g/mol. The summed E-state index contributed by atoms with van der Waals surface area (Å²) in [7, 11) is 0. The van der Waals surface area contributed by atoms with Crippen LogP contribution >= 0.6 is 0 Å². The van der Waals surface area contributed by atoms with E-state index in [1.165, 1.54) is 57.8 Å². The average Bonchev–Trinajstić information content (AvgIpc) is 2.68. The lowest BCUT2D eigenvalue weighted by Gasteiger charge is -2.32. The molecule has 146 valence electrons. The summed E-state index contributed by atoms with van der Waals surface area (Å²) in [4.78, 5) is 0. The molecule has 1 heterocycles. The molecule has 0 spiro atoms. The maximum atomic E-state index is 14.2. The van der Waals surface area contributed by atoms with Crippen LogP contribution in [-0.4, -0.2) is 13.2 Å². The van der Waals surface area contributed by atoms with E-state index in [1.807, 2.05) is 6.07 Å². The highest BCUT2D eigenvalue weighted by Crippen LogP contribution is 2.36. The lowest BCUT2D eigenvalue weighted by atomic mass is 9.77. The molecule has 0 N–H and O–H groups in total. The number of halogens is 1. The lowest BCUT2D eigenvalue weighted by molar-refractivity contribution is -0.207. The van der Waals surface area contributed by atoms with Crippen molar-refractivity contribution in [3.05, 3.63) is 35.1 Å². The smallest absolute Gasteiger partial charge is 0.186 e. The zero-order valence-corrected chi connectivity index (χ0v) is 16.5. The van der Waals surface area contributed by atoms with Crippen molar-refractivity contribution in [3.8, 4) is 0 Å². The molecule has 0 atom stereocenters. The van der Waals surface area contributed by atoms with Gasteiger partial charge in [-0.15, -0.1) is 0 Å². The predicted octanol–water partition coefficient (Wildman–Crippen LogP) is 6.57. The van der Waals surface area contributed by atoms with Gasteiger partial charge in [0.1, 0.15) is 5.82 Å². The van der Waals surface area contributed by atoms with E-state index >= 15 is 0 Å². The minimum absolute atomic E-state index is 0.198.